The van der Waals surface area contributed by atoms with Crippen molar-refractivity contribution in [2.75, 3.05) is 41.8 Å². The maximum atomic E-state index is 14.0. The number of ketones is 1. The summed E-state index contributed by atoms with van der Waals surface area (Å²) in [4.78, 5) is 38.2. The molecule has 0 aliphatic carbocycles. The number of carbonyl (C=O) groups is 3. The van der Waals surface area contributed by atoms with Crippen LogP contribution in [0.15, 0.2) is 47.0 Å². The van der Waals surface area contributed by atoms with Gasteiger partial charge in [0, 0.05) is 30.3 Å². The maximum absolute atomic E-state index is 14.0. The van der Waals surface area contributed by atoms with Crippen LogP contribution in [0.4, 0.5) is 35.0 Å². The first-order valence-electron chi connectivity index (χ1n) is 14.9. The number of ether oxygens (including phenoxy) is 2. The van der Waals surface area contributed by atoms with Gasteiger partial charge in [-0.05, 0) is 66.7 Å². The smallest absolute Gasteiger partial charge is 0.418 e. The van der Waals surface area contributed by atoms with E-state index in [1.165, 1.54) is 17.0 Å². The fraction of sp³-hybridized carbons (Fsp3) is 0.455. The van der Waals surface area contributed by atoms with E-state index in [2.05, 4.69) is 52.0 Å². The molecule has 14 heteroatoms. The van der Waals surface area contributed by atoms with Gasteiger partial charge >= 0.3 is 12.3 Å². The first-order chi connectivity index (χ1) is 21.7. The number of hydrogen-bond acceptors (Lipinski definition) is 8. The molecule has 2 amide bonds. The normalized spacial score (nSPS) is 13.8. The molecular formula is C33H41F3N4O7. The third-order valence-electron chi connectivity index (χ3n) is 6.34. The number of rotatable bonds is 7. The molecule has 1 aromatic heterocycles. The van der Waals surface area contributed by atoms with Gasteiger partial charge in [0.1, 0.15) is 0 Å². The van der Waals surface area contributed by atoms with Crippen LogP contribution in [-0.2, 0) is 20.4 Å². The zero-order valence-corrected chi connectivity index (χ0v) is 27.5. The van der Waals surface area contributed by atoms with E-state index in [4.69, 9.17) is 14.0 Å². The highest BCUT2D eigenvalue weighted by Crippen LogP contribution is 2.42. The summed E-state index contributed by atoms with van der Waals surface area (Å²) in [5.41, 5.74) is -0.676. The van der Waals surface area contributed by atoms with Crippen molar-refractivity contribution in [3.05, 3.63) is 59.3 Å². The van der Waals surface area contributed by atoms with E-state index in [0.29, 0.717) is 23.1 Å². The van der Waals surface area contributed by atoms with Crippen LogP contribution in [-0.4, -0.2) is 65.6 Å². The Balaban J connectivity index is 0.000000584. The van der Waals surface area contributed by atoms with Crippen LogP contribution in [0.2, 0.25) is 0 Å². The van der Waals surface area contributed by atoms with Gasteiger partial charge in [-0.15, -0.1) is 0 Å². The van der Waals surface area contributed by atoms with Crippen molar-refractivity contribution in [2.45, 2.75) is 72.3 Å². The molecule has 2 heterocycles. The van der Waals surface area contributed by atoms with Crippen LogP contribution in [0.5, 0.6) is 0 Å². The van der Waals surface area contributed by atoms with Gasteiger partial charge in [-0.1, -0.05) is 23.4 Å². The van der Waals surface area contributed by atoms with E-state index in [1.54, 1.807) is 25.1 Å². The Labute approximate surface area is 271 Å². The van der Waals surface area contributed by atoms with E-state index in [-0.39, 0.29) is 54.4 Å². The van der Waals surface area contributed by atoms with Crippen molar-refractivity contribution < 1.29 is 46.7 Å². The number of hydrogen-bond donors (Lipinski definition) is 3. The number of anilines is 3. The number of aromatic nitrogens is 1. The fourth-order valence-corrected chi connectivity index (χ4v) is 4.91. The number of benzene rings is 2. The molecule has 47 heavy (non-hydrogen) atoms. The predicted octanol–water partition coefficient (Wildman–Crippen LogP) is 7.41. The van der Waals surface area contributed by atoms with Crippen LogP contribution in [0.1, 0.15) is 69.6 Å². The molecule has 1 fully saturated rings. The van der Waals surface area contributed by atoms with Crippen molar-refractivity contribution in [3.63, 3.8) is 0 Å². The van der Waals surface area contributed by atoms with Crippen LogP contribution in [0.25, 0.3) is 11.3 Å². The first kappa shape index (κ1) is 37.0. The summed E-state index contributed by atoms with van der Waals surface area (Å²) in [6.45, 7) is 14.9. The second kappa shape index (κ2) is 15.0. The van der Waals surface area contributed by atoms with Gasteiger partial charge in [0.2, 0.25) is 5.91 Å². The number of morpholine rings is 1. The Morgan fingerprint density at radius 2 is 1.55 bits per heavy atom. The standard InChI is InChI=1S/C25H23F3N4O6.C8H18O/c1-14-9-22(38-31-14)16-4-2-3-15(10-16)21(33)13-23(34)29-18-11-17(25(26,27)28)20(12-19(18)30-24(35)36)32-5-7-37-8-6-32;1-7(2,3)9-8(4,5)6/h2-4,9-12,30H,5-8,13H2,1H3,(H,29,34)(H,35,36);1-6H3. The quantitative estimate of drug-likeness (QED) is 0.174. The minimum atomic E-state index is -4.80. The Kier molecular flexibility index (Phi) is 11.8. The zero-order valence-electron chi connectivity index (χ0n) is 27.5. The molecule has 4 rings (SSSR count). The molecule has 0 atom stereocenters. The van der Waals surface area contributed by atoms with Gasteiger partial charge in [0.05, 0.1) is 59.2 Å². The molecule has 0 unspecified atom stereocenters. The Hall–Kier alpha value is -4.43. The Morgan fingerprint density at radius 1 is 0.936 bits per heavy atom. The van der Waals surface area contributed by atoms with E-state index in [1.807, 2.05) is 5.32 Å². The highest BCUT2D eigenvalue weighted by molar-refractivity contribution is 6.12. The summed E-state index contributed by atoms with van der Waals surface area (Å²) in [6.07, 6.45) is -7.04. The molecule has 2 aromatic carbocycles. The van der Waals surface area contributed by atoms with Crippen molar-refractivity contribution in [2.24, 2.45) is 0 Å². The van der Waals surface area contributed by atoms with Crippen LogP contribution in [0, 0.1) is 6.92 Å². The summed E-state index contributed by atoms with van der Waals surface area (Å²) in [6, 6.07) is 9.62. The number of carboxylic acid groups (broad SMARTS) is 1. The molecule has 11 nitrogen and oxygen atoms in total. The number of alkyl halides is 3. The Morgan fingerprint density at radius 3 is 2.06 bits per heavy atom. The number of halogens is 3. The number of aryl methyl sites for hydroxylation is 1. The fourth-order valence-electron chi connectivity index (χ4n) is 4.91. The van der Waals surface area contributed by atoms with Crippen molar-refractivity contribution in [3.8, 4) is 11.3 Å². The number of amides is 2. The van der Waals surface area contributed by atoms with E-state index >= 15 is 0 Å². The van der Waals surface area contributed by atoms with Gasteiger partial charge < -0.3 is 29.3 Å². The number of carbonyl (C=O) groups excluding carboxylic acids is 2. The lowest BCUT2D eigenvalue weighted by atomic mass is 10.0. The minimum absolute atomic E-state index is 0.0156. The zero-order chi connectivity index (χ0) is 35.2. The van der Waals surface area contributed by atoms with Crippen molar-refractivity contribution in [1.82, 2.24) is 5.16 Å². The van der Waals surface area contributed by atoms with Crippen molar-refractivity contribution in [1.29, 1.82) is 0 Å². The second-order valence-electron chi connectivity index (χ2n) is 12.8. The third kappa shape index (κ3) is 11.7. The molecule has 0 bridgehead atoms. The largest absolute Gasteiger partial charge is 0.465 e. The van der Waals surface area contributed by atoms with Gasteiger partial charge in [0.15, 0.2) is 11.5 Å². The van der Waals surface area contributed by atoms with Gasteiger partial charge in [-0.25, -0.2) is 4.79 Å². The van der Waals surface area contributed by atoms with Gasteiger partial charge in [0.25, 0.3) is 0 Å². The first-order valence-corrected chi connectivity index (χ1v) is 14.9. The molecule has 1 aliphatic heterocycles. The number of nitrogens with one attached hydrogen (secondary N) is 2. The summed E-state index contributed by atoms with van der Waals surface area (Å²) in [5, 5.41) is 17.3. The average molecular weight is 663 g/mol. The molecule has 3 aromatic rings. The lowest BCUT2D eigenvalue weighted by molar-refractivity contribution is -0.137. The summed E-state index contributed by atoms with van der Waals surface area (Å²) >= 11 is 0. The highest BCUT2D eigenvalue weighted by atomic mass is 19.4. The van der Waals surface area contributed by atoms with Crippen molar-refractivity contribution >= 4 is 34.8 Å². The van der Waals surface area contributed by atoms with E-state index < -0.39 is 41.6 Å². The average Bonchev–Trinajstić information content (AvgIpc) is 3.38. The minimum Gasteiger partial charge on any atom is -0.465 e. The van der Waals surface area contributed by atoms with E-state index in [0.717, 1.165) is 6.07 Å². The summed E-state index contributed by atoms with van der Waals surface area (Å²) < 4.78 is 57.9. The molecule has 256 valence electrons. The SMILES string of the molecule is CC(C)(C)OC(C)(C)C.Cc1cc(-c2cccc(C(=O)CC(=O)Nc3cc(C(F)(F)F)c(N4CCOCC4)cc3NC(=O)O)c2)on1. The number of nitrogens with zero attached hydrogens (tertiary/aromatic N) is 2. The second-order valence-corrected chi connectivity index (χ2v) is 12.8. The molecule has 3 N–H and O–H groups in total. The monoisotopic (exact) mass is 662 g/mol. The Bertz CT molecular complexity index is 1560. The number of Topliss-reactive ketones (excluding diaryl/α,β-unsaturated/α-hetero) is 1. The maximum Gasteiger partial charge on any atom is 0.418 e. The topological polar surface area (TPSA) is 143 Å². The molecule has 0 radical (unpaired) electrons. The van der Waals surface area contributed by atoms with Crippen LogP contribution in [0.3, 0.4) is 0 Å². The van der Waals surface area contributed by atoms with Crippen LogP contribution >= 0.6 is 0 Å². The third-order valence-corrected chi connectivity index (χ3v) is 6.34. The predicted molar refractivity (Wildman–Crippen MR) is 171 cm³/mol. The summed E-state index contributed by atoms with van der Waals surface area (Å²) in [7, 11) is 0. The molecule has 0 spiro atoms. The molecule has 1 saturated heterocycles. The molecule has 0 saturated carbocycles. The van der Waals surface area contributed by atoms with Gasteiger partial charge in [-0.2, -0.15) is 13.2 Å². The van der Waals surface area contributed by atoms with Crippen LogP contribution < -0.4 is 15.5 Å². The van der Waals surface area contributed by atoms with E-state index in [9.17, 15) is 32.7 Å². The molecular weight excluding hydrogens is 621 g/mol. The highest BCUT2D eigenvalue weighted by Gasteiger charge is 2.37. The summed E-state index contributed by atoms with van der Waals surface area (Å²) in [5.74, 6) is -1.10. The lowest BCUT2D eigenvalue weighted by Gasteiger charge is -2.32. The molecule has 1 aliphatic rings. The van der Waals surface area contributed by atoms with Gasteiger partial charge in [-0.3, -0.25) is 14.9 Å². The lowest BCUT2D eigenvalue weighted by Crippen LogP contribution is -2.37.